The summed E-state index contributed by atoms with van der Waals surface area (Å²) in [6.07, 6.45) is 5.17. The van der Waals surface area contributed by atoms with Crippen molar-refractivity contribution in [1.82, 2.24) is 10.2 Å². The van der Waals surface area contributed by atoms with Gasteiger partial charge in [0, 0.05) is 18.3 Å². The summed E-state index contributed by atoms with van der Waals surface area (Å²) in [4.78, 5) is 2.54. The SMILES string of the molecule is COc1ccc(NC(=S)NCCCN2CCCCC2)cc1OC. The number of piperidine rings is 1. The van der Waals surface area contributed by atoms with Gasteiger partial charge in [0.1, 0.15) is 0 Å². The molecule has 0 aromatic heterocycles. The number of hydrogen-bond acceptors (Lipinski definition) is 4. The number of thiocarbonyl (C=S) groups is 1. The standard InChI is InChI=1S/C17H27N3O2S/c1-21-15-8-7-14(13-16(15)22-2)19-17(23)18-9-6-12-20-10-4-3-5-11-20/h7-8,13H,3-6,9-12H2,1-2H3,(H2,18,19,23). The van der Waals surface area contributed by atoms with E-state index in [0.717, 1.165) is 25.2 Å². The molecule has 0 bridgehead atoms. The third-order valence-corrected chi connectivity index (χ3v) is 4.27. The van der Waals surface area contributed by atoms with Crippen LogP contribution in [0.15, 0.2) is 18.2 Å². The Hall–Kier alpha value is -1.53. The first-order chi connectivity index (χ1) is 11.2. The van der Waals surface area contributed by atoms with Crippen LogP contribution < -0.4 is 20.1 Å². The fourth-order valence-corrected chi connectivity index (χ4v) is 3.00. The van der Waals surface area contributed by atoms with Crippen LogP contribution in [0, 0.1) is 0 Å². The van der Waals surface area contributed by atoms with E-state index < -0.39 is 0 Å². The molecule has 0 amide bonds. The highest BCUT2D eigenvalue weighted by Crippen LogP contribution is 2.29. The second kappa shape index (κ2) is 9.57. The van der Waals surface area contributed by atoms with Crippen molar-refractivity contribution in [3.8, 4) is 11.5 Å². The Morgan fingerprint density at radius 1 is 1.13 bits per heavy atom. The largest absolute Gasteiger partial charge is 0.493 e. The molecule has 1 aromatic rings. The van der Waals surface area contributed by atoms with Gasteiger partial charge in [-0.05, 0) is 63.2 Å². The molecule has 0 unspecified atom stereocenters. The summed E-state index contributed by atoms with van der Waals surface area (Å²) in [5, 5.41) is 7.07. The van der Waals surface area contributed by atoms with Gasteiger partial charge in [-0.3, -0.25) is 0 Å². The van der Waals surface area contributed by atoms with E-state index in [4.69, 9.17) is 21.7 Å². The summed E-state index contributed by atoms with van der Waals surface area (Å²) in [6, 6.07) is 5.66. The molecule has 23 heavy (non-hydrogen) atoms. The van der Waals surface area contributed by atoms with Crippen LogP contribution in [-0.4, -0.2) is 50.4 Å². The Morgan fingerprint density at radius 2 is 1.87 bits per heavy atom. The van der Waals surface area contributed by atoms with E-state index in [0.29, 0.717) is 16.6 Å². The average Bonchev–Trinajstić information content (AvgIpc) is 2.59. The second-order valence-corrected chi connectivity index (χ2v) is 6.11. The van der Waals surface area contributed by atoms with Crippen LogP contribution in [0.5, 0.6) is 11.5 Å². The predicted molar refractivity (Wildman–Crippen MR) is 98.7 cm³/mol. The molecule has 5 nitrogen and oxygen atoms in total. The van der Waals surface area contributed by atoms with Crippen LogP contribution in [0.1, 0.15) is 25.7 Å². The third kappa shape index (κ3) is 5.88. The van der Waals surface area contributed by atoms with E-state index in [1.165, 1.54) is 32.4 Å². The zero-order valence-corrected chi connectivity index (χ0v) is 14.9. The molecule has 0 aliphatic carbocycles. The molecule has 1 aliphatic rings. The van der Waals surface area contributed by atoms with E-state index in [9.17, 15) is 0 Å². The first-order valence-electron chi connectivity index (χ1n) is 8.22. The number of methoxy groups -OCH3 is 2. The zero-order chi connectivity index (χ0) is 16.5. The second-order valence-electron chi connectivity index (χ2n) is 5.71. The minimum Gasteiger partial charge on any atom is -0.493 e. The van der Waals surface area contributed by atoms with Crippen LogP contribution in [0.2, 0.25) is 0 Å². The molecule has 2 N–H and O–H groups in total. The molecule has 0 radical (unpaired) electrons. The predicted octanol–water partition coefficient (Wildman–Crippen LogP) is 2.87. The van der Waals surface area contributed by atoms with Crippen molar-refractivity contribution in [3.63, 3.8) is 0 Å². The molecular weight excluding hydrogens is 310 g/mol. The zero-order valence-electron chi connectivity index (χ0n) is 14.1. The summed E-state index contributed by atoms with van der Waals surface area (Å²) in [5.74, 6) is 1.39. The third-order valence-electron chi connectivity index (χ3n) is 4.03. The summed E-state index contributed by atoms with van der Waals surface area (Å²) < 4.78 is 10.5. The summed E-state index contributed by atoms with van der Waals surface area (Å²) in [5.41, 5.74) is 0.885. The maximum atomic E-state index is 5.34. The van der Waals surface area contributed by atoms with Gasteiger partial charge in [0.05, 0.1) is 14.2 Å². The normalized spacial score (nSPS) is 15.0. The van der Waals surface area contributed by atoms with Gasteiger partial charge in [0.2, 0.25) is 0 Å². The molecule has 1 fully saturated rings. The fourth-order valence-electron chi connectivity index (χ4n) is 2.78. The van der Waals surface area contributed by atoms with Crippen LogP contribution in [0.4, 0.5) is 5.69 Å². The van der Waals surface area contributed by atoms with Gasteiger partial charge < -0.3 is 25.0 Å². The number of likely N-dealkylation sites (tertiary alicyclic amines) is 1. The Bertz CT molecular complexity index is 505. The van der Waals surface area contributed by atoms with Gasteiger partial charge in [0.15, 0.2) is 16.6 Å². The van der Waals surface area contributed by atoms with Crippen molar-refractivity contribution in [3.05, 3.63) is 18.2 Å². The van der Waals surface area contributed by atoms with Gasteiger partial charge in [0.25, 0.3) is 0 Å². The van der Waals surface area contributed by atoms with Gasteiger partial charge >= 0.3 is 0 Å². The lowest BCUT2D eigenvalue weighted by molar-refractivity contribution is 0.227. The number of benzene rings is 1. The topological polar surface area (TPSA) is 45.8 Å². The van der Waals surface area contributed by atoms with Crippen LogP contribution in [0.3, 0.4) is 0 Å². The van der Waals surface area contributed by atoms with E-state index in [2.05, 4.69) is 15.5 Å². The van der Waals surface area contributed by atoms with Crippen molar-refractivity contribution in [1.29, 1.82) is 0 Å². The Balaban J connectivity index is 1.69. The molecule has 6 heteroatoms. The first kappa shape index (κ1) is 17.8. The van der Waals surface area contributed by atoms with Crippen molar-refractivity contribution in [2.75, 3.05) is 45.7 Å². The fraction of sp³-hybridized carbons (Fsp3) is 0.588. The highest BCUT2D eigenvalue weighted by Gasteiger charge is 2.09. The number of anilines is 1. The molecule has 1 heterocycles. The van der Waals surface area contributed by atoms with E-state index >= 15 is 0 Å². The average molecular weight is 337 g/mol. The minimum atomic E-state index is 0.635. The lowest BCUT2D eigenvalue weighted by Gasteiger charge is -2.26. The molecule has 2 rings (SSSR count). The molecule has 128 valence electrons. The van der Waals surface area contributed by atoms with E-state index in [1.54, 1.807) is 14.2 Å². The quantitative estimate of drug-likeness (QED) is 0.589. The molecule has 0 spiro atoms. The van der Waals surface area contributed by atoms with Gasteiger partial charge in [-0.15, -0.1) is 0 Å². The number of nitrogens with zero attached hydrogens (tertiary/aromatic N) is 1. The first-order valence-corrected chi connectivity index (χ1v) is 8.63. The van der Waals surface area contributed by atoms with Crippen molar-refractivity contribution in [2.24, 2.45) is 0 Å². The molecule has 0 saturated carbocycles. The van der Waals surface area contributed by atoms with Gasteiger partial charge in [-0.1, -0.05) is 6.42 Å². The maximum Gasteiger partial charge on any atom is 0.170 e. The van der Waals surface area contributed by atoms with Gasteiger partial charge in [-0.25, -0.2) is 0 Å². The Kier molecular flexibility index (Phi) is 7.42. The Morgan fingerprint density at radius 3 is 2.57 bits per heavy atom. The smallest absolute Gasteiger partial charge is 0.170 e. The highest BCUT2D eigenvalue weighted by atomic mass is 32.1. The molecule has 1 saturated heterocycles. The number of hydrogen-bond donors (Lipinski definition) is 2. The summed E-state index contributed by atoms with van der Waals surface area (Å²) >= 11 is 5.34. The maximum absolute atomic E-state index is 5.34. The summed E-state index contributed by atoms with van der Waals surface area (Å²) in [6.45, 7) is 4.52. The van der Waals surface area contributed by atoms with Crippen molar-refractivity contribution >= 4 is 23.0 Å². The Labute approximate surface area is 144 Å². The number of nitrogens with one attached hydrogen (secondary N) is 2. The van der Waals surface area contributed by atoms with Crippen LogP contribution >= 0.6 is 12.2 Å². The lowest BCUT2D eigenvalue weighted by atomic mass is 10.1. The molecule has 1 aliphatic heterocycles. The lowest BCUT2D eigenvalue weighted by Crippen LogP contribution is -2.34. The van der Waals surface area contributed by atoms with E-state index in [-0.39, 0.29) is 0 Å². The van der Waals surface area contributed by atoms with Crippen molar-refractivity contribution < 1.29 is 9.47 Å². The van der Waals surface area contributed by atoms with Gasteiger partial charge in [-0.2, -0.15) is 0 Å². The van der Waals surface area contributed by atoms with E-state index in [1.807, 2.05) is 18.2 Å². The minimum absolute atomic E-state index is 0.635. The highest BCUT2D eigenvalue weighted by molar-refractivity contribution is 7.80. The molecule has 0 atom stereocenters. The van der Waals surface area contributed by atoms with Crippen LogP contribution in [0.25, 0.3) is 0 Å². The number of ether oxygens (including phenoxy) is 2. The summed E-state index contributed by atoms with van der Waals surface area (Å²) in [7, 11) is 3.25. The van der Waals surface area contributed by atoms with Crippen molar-refractivity contribution in [2.45, 2.75) is 25.7 Å². The molecular formula is C17H27N3O2S. The molecule has 1 aromatic carbocycles. The monoisotopic (exact) mass is 337 g/mol. The van der Waals surface area contributed by atoms with Crippen LogP contribution in [-0.2, 0) is 0 Å². The number of rotatable bonds is 7.